The first-order chi connectivity index (χ1) is 9.40. The summed E-state index contributed by atoms with van der Waals surface area (Å²) in [6, 6.07) is 8.99. The van der Waals surface area contributed by atoms with Crippen LogP contribution in [0, 0.1) is 0 Å². The van der Waals surface area contributed by atoms with Crippen molar-refractivity contribution in [3.8, 4) is 11.3 Å². The Morgan fingerprint density at radius 3 is 2.35 bits per heavy atom. The van der Waals surface area contributed by atoms with Crippen LogP contribution in [0.4, 0.5) is 19.0 Å². The Hall–Kier alpha value is -1.63. The van der Waals surface area contributed by atoms with Gasteiger partial charge in [-0.05, 0) is 15.9 Å². The first-order valence-electron chi connectivity index (χ1n) is 5.77. The van der Waals surface area contributed by atoms with E-state index >= 15 is 0 Å². The van der Waals surface area contributed by atoms with Gasteiger partial charge in [-0.15, -0.1) is 0 Å². The molecular weight excluding hydrogens is 335 g/mol. The molecule has 1 aromatic carbocycles. The second-order valence-electron chi connectivity index (χ2n) is 4.06. The molecule has 0 spiro atoms. The lowest BCUT2D eigenvalue weighted by Crippen LogP contribution is -2.15. The van der Waals surface area contributed by atoms with Crippen molar-refractivity contribution < 1.29 is 13.2 Å². The molecule has 0 radical (unpaired) electrons. The third-order valence-electron chi connectivity index (χ3n) is 2.54. The minimum atomic E-state index is -4.34. The Kier molecular flexibility index (Phi) is 4.27. The van der Waals surface area contributed by atoms with Crippen LogP contribution in [0.3, 0.4) is 0 Å². The summed E-state index contributed by atoms with van der Waals surface area (Å²) in [7, 11) is 1.60. The van der Waals surface area contributed by atoms with Crippen molar-refractivity contribution >= 4 is 21.7 Å². The molecule has 106 valence electrons. The molecule has 0 aliphatic heterocycles. The third kappa shape index (κ3) is 3.47. The molecule has 2 rings (SSSR count). The van der Waals surface area contributed by atoms with E-state index in [0.29, 0.717) is 16.0 Å². The molecule has 2 aromatic rings. The zero-order valence-corrected chi connectivity index (χ0v) is 12.1. The van der Waals surface area contributed by atoms with Gasteiger partial charge in [0.25, 0.3) is 0 Å². The molecule has 0 saturated carbocycles. The number of halogens is 4. The van der Waals surface area contributed by atoms with Gasteiger partial charge in [0.05, 0.1) is 10.2 Å². The fourth-order valence-corrected chi connectivity index (χ4v) is 2.31. The minimum absolute atomic E-state index is 0.260. The molecule has 0 aliphatic carbocycles. The maximum Gasteiger partial charge on any atom is 0.396 e. The fraction of sp³-hybridized carbons (Fsp3) is 0.231. The van der Waals surface area contributed by atoms with Gasteiger partial charge in [-0.1, -0.05) is 30.3 Å². The highest BCUT2D eigenvalue weighted by molar-refractivity contribution is 9.10. The van der Waals surface area contributed by atoms with E-state index in [1.165, 1.54) is 0 Å². The fourth-order valence-electron chi connectivity index (χ4n) is 1.70. The summed E-state index contributed by atoms with van der Waals surface area (Å²) in [6.45, 7) is 0. The van der Waals surface area contributed by atoms with Crippen LogP contribution in [0.5, 0.6) is 0 Å². The van der Waals surface area contributed by atoms with Gasteiger partial charge in [0.15, 0.2) is 0 Å². The lowest BCUT2D eigenvalue weighted by molar-refractivity contribution is -0.128. The monoisotopic (exact) mass is 345 g/mol. The molecule has 1 aromatic heterocycles. The van der Waals surface area contributed by atoms with E-state index in [1.807, 2.05) is 6.07 Å². The minimum Gasteiger partial charge on any atom is -0.372 e. The van der Waals surface area contributed by atoms with Gasteiger partial charge in [0, 0.05) is 12.6 Å². The first kappa shape index (κ1) is 14.8. The number of rotatable bonds is 3. The van der Waals surface area contributed by atoms with Gasteiger partial charge in [-0.3, -0.25) is 0 Å². The highest BCUT2D eigenvalue weighted by Crippen LogP contribution is 2.32. The largest absolute Gasteiger partial charge is 0.396 e. The Morgan fingerprint density at radius 1 is 1.15 bits per heavy atom. The molecule has 1 N–H and O–H groups in total. The molecule has 0 aliphatic rings. The van der Waals surface area contributed by atoms with Crippen molar-refractivity contribution in [2.45, 2.75) is 12.6 Å². The molecule has 0 saturated heterocycles. The van der Waals surface area contributed by atoms with Crippen LogP contribution in [0.2, 0.25) is 0 Å². The molecular formula is C13H11BrF3N3. The van der Waals surface area contributed by atoms with Crippen molar-refractivity contribution in [3.05, 3.63) is 40.6 Å². The van der Waals surface area contributed by atoms with Crippen molar-refractivity contribution in [1.29, 1.82) is 0 Å². The smallest absolute Gasteiger partial charge is 0.372 e. The van der Waals surface area contributed by atoms with E-state index in [4.69, 9.17) is 0 Å². The summed E-state index contributed by atoms with van der Waals surface area (Å²) in [5.74, 6) is 0.0713. The Balaban J connectivity index is 2.53. The predicted molar refractivity (Wildman–Crippen MR) is 74.5 cm³/mol. The molecule has 0 fully saturated rings. The highest BCUT2D eigenvalue weighted by atomic mass is 79.9. The van der Waals surface area contributed by atoms with E-state index in [9.17, 15) is 13.2 Å². The SMILES string of the molecule is CNc1nc(CC(F)(F)F)nc(-c2ccccc2)c1Br. The Bertz CT molecular complexity index is 600. The number of hydrogen-bond donors (Lipinski definition) is 1. The van der Waals surface area contributed by atoms with E-state index < -0.39 is 12.6 Å². The van der Waals surface area contributed by atoms with Crippen LogP contribution >= 0.6 is 15.9 Å². The van der Waals surface area contributed by atoms with Crippen molar-refractivity contribution in [2.75, 3.05) is 12.4 Å². The summed E-state index contributed by atoms with van der Waals surface area (Å²) in [5.41, 5.74) is 1.16. The second kappa shape index (κ2) is 5.78. The third-order valence-corrected chi connectivity index (χ3v) is 3.29. The van der Waals surface area contributed by atoms with Gasteiger partial charge < -0.3 is 5.32 Å². The molecule has 0 atom stereocenters. The second-order valence-corrected chi connectivity index (χ2v) is 4.85. The lowest BCUT2D eigenvalue weighted by Gasteiger charge is -2.12. The summed E-state index contributed by atoms with van der Waals surface area (Å²) in [6.07, 6.45) is -5.50. The number of benzene rings is 1. The quantitative estimate of drug-likeness (QED) is 0.911. The number of aromatic nitrogens is 2. The van der Waals surface area contributed by atoms with Crippen LogP contribution in [-0.2, 0) is 6.42 Å². The Morgan fingerprint density at radius 2 is 1.80 bits per heavy atom. The van der Waals surface area contributed by atoms with Gasteiger partial charge in [-0.2, -0.15) is 13.2 Å². The number of nitrogens with zero attached hydrogens (tertiary/aromatic N) is 2. The van der Waals surface area contributed by atoms with Crippen molar-refractivity contribution in [3.63, 3.8) is 0 Å². The molecule has 3 nitrogen and oxygen atoms in total. The Labute approximate surface area is 122 Å². The van der Waals surface area contributed by atoms with Crippen LogP contribution in [0.1, 0.15) is 5.82 Å². The normalized spacial score (nSPS) is 11.4. The van der Waals surface area contributed by atoms with Crippen molar-refractivity contribution in [1.82, 2.24) is 9.97 Å². The number of anilines is 1. The van der Waals surface area contributed by atoms with Gasteiger partial charge >= 0.3 is 6.18 Å². The van der Waals surface area contributed by atoms with Gasteiger partial charge in [0.2, 0.25) is 0 Å². The summed E-state index contributed by atoms with van der Waals surface area (Å²) >= 11 is 3.32. The van der Waals surface area contributed by atoms with E-state index in [-0.39, 0.29) is 5.82 Å². The lowest BCUT2D eigenvalue weighted by atomic mass is 10.1. The van der Waals surface area contributed by atoms with E-state index in [1.54, 1.807) is 31.3 Å². The maximum absolute atomic E-state index is 12.5. The summed E-state index contributed by atoms with van der Waals surface area (Å²) in [5, 5.41) is 2.77. The maximum atomic E-state index is 12.5. The van der Waals surface area contributed by atoms with Gasteiger partial charge in [-0.25, -0.2) is 9.97 Å². The summed E-state index contributed by atoms with van der Waals surface area (Å²) in [4.78, 5) is 7.89. The van der Waals surface area contributed by atoms with Crippen molar-refractivity contribution in [2.24, 2.45) is 0 Å². The molecule has 0 amide bonds. The molecule has 20 heavy (non-hydrogen) atoms. The zero-order chi connectivity index (χ0) is 14.8. The number of alkyl halides is 3. The van der Waals surface area contributed by atoms with Crippen LogP contribution in [-0.4, -0.2) is 23.2 Å². The number of nitrogens with one attached hydrogen (secondary N) is 1. The van der Waals surface area contributed by atoms with Crippen LogP contribution in [0.15, 0.2) is 34.8 Å². The first-order valence-corrected chi connectivity index (χ1v) is 6.56. The predicted octanol–water partition coefficient (Wildman–Crippen LogP) is 4.05. The van der Waals surface area contributed by atoms with Crippen LogP contribution < -0.4 is 5.32 Å². The average Bonchev–Trinajstić information content (AvgIpc) is 2.40. The zero-order valence-electron chi connectivity index (χ0n) is 10.5. The average molecular weight is 346 g/mol. The van der Waals surface area contributed by atoms with Crippen LogP contribution in [0.25, 0.3) is 11.3 Å². The molecule has 7 heteroatoms. The standard InChI is InChI=1S/C13H11BrF3N3/c1-18-12-10(14)11(8-5-3-2-4-6-8)19-9(20-12)7-13(15,16)17/h2-6H,7H2,1H3,(H,18,19,20). The van der Waals surface area contributed by atoms with E-state index in [0.717, 1.165) is 5.56 Å². The molecule has 0 bridgehead atoms. The number of hydrogen-bond acceptors (Lipinski definition) is 3. The van der Waals surface area contributed by atoms with E-state index in [2.05, 4.69) is 31.2 Å². The highest BCUT2D eigenvalue weighted by Gasteiger charge is 2.30. The summed E-state index contributed by atoms with van der Waals surface area (Å²) < 4.78 is 38.0. The van der Waals surface area contributed by atoms with Gasteiger partial charge in [0.1, 0.15) is 18.1 Å². The molecule has 1 heterocycles. The topological polar surface area (TPSA) is 37.8 Å². The molecule has 0 unspecified atom stereocenters.